The first-order valence-electron chi connectivity index (χ1n) is 6.41. The Hall–Kier alpha value is -2.35. The predicted octanol–water partition coefficient (Wildman–Crippen LogP) is 3.30. The van der Waals surface area contributed by atoms with E-state index in [0.717, 1.165) is 18.5 Å². The van der Waals surface area contributed by atoms with Crippen LogP contribution in [0.15, 0.2) is 71.7 Å². The fourth-order valence-electron chi connectivity index (χ4n) is 1.76. The molecule has 0 atom stereocenters. The summed E-state index contributed by atoms with van der Waals surface area (Å²) in [5, 5.41) is 0. The lowest BCUT2D eigenvalue weighted by Gasteiger charge is -1.98. The van der Waals surface area contributed by atoms with E-state index in [-0.39, 0.29) is 0 Å². The molecule has 0 saturated heterocycles. The van der Waals surface area contributed by atoms with Gasteiger partial charge < -0.3 is 5.73 Å². The smallest absolute Gasteiger partial charge is 0.118 e. The van der Waals surface area contributed by atoms with E-state index in [1.165, 1.54) is 5.56 Å². The summed E-state index contributed by atoms with van der Waals surface area (Å²) in [6.45, 7) is 0.717. The summed E-state index contributed by atoms with van der Waals surface area (Å²) < 4.78 is 0. The lowest BCUT2D eigenvalue weighted by Crippen LogP contribution is -2.09. The van der Waals surface area contributed by atoms with Crippen LogP contribution in [0.5, 0.6) is 0 Å². The molecule has 0 amide bonds. The van der Waals surface area contributed by atoms with Crippen LogP contribution in [0.4, 0.5) is 0 Å². The number of amidine groups is 1. The van der Waals surface area contributed by atoms with Crippen LogP contribution < -0.4 is 5.73 Å². The van der Waals surface area contributed by atoms with E-state index >= 15 is 0 Å². The second-order valence-electron chi connectivity index (χ2n) is 4.29. The molecule has 0 saturated carbocycles. The highest BCUT2D eigenvalue weighted by Crippen LogP contribution is 2.01. The van der Waals surface area contributed by atoms with Crippen LogP contribution in [0.2, 0.25) is 0 Å². The van der Waals surface area contributed by atoms with Gasteiger partial charge in [0.15, 0.2) is 0 Å². The van der Waals surface area contributed by atoms with E-state index in [1.807, 2.05) is 60.7 Å². The standard InChI is InChI=1S/C17H18N2/c18-17(12-11-15-7-3-1-4-8-15)19-14-13-16-9-5-2-6-10-16/h1-12H,13-14H2,(H2,18,19). The summed E-state index contributed by atoms with van der Waals surface area (Å²) in [4.78, 5) is 4.34. The molecule has 0 bridgehead atoms. The van der Waals surface area contributed by atoms with Gasteiger partial charge in [0.1, 0.15) is 5.84 Å². The maximum Gasteiger partial charge on any atom is 0.118 e. The van der Waals surface area contributed by atoms with Gasteiger partial charge >= 0.3 is 0 Å². The van der Waals surface area contributed by atoms with E-state index in [4.69, 9.17) is 5.73 Å². The van der Waals surface area contributed by atoms with E-state index < -0.39 is 0 Å². The van der Waals surface area contributed by atoms with Crippen molar-refractivity contribution in [3.63, 3.8) is 0 Å². The van der Waals surface area contributed by atoms with Gasteiger partial charge in [-0.15, -0.1) is 0 Å². The van der Waals surface area contributed by atoms with Crippen LogP contribution in [0.3, 0.4) is 0 Å². The Balaban J connectivity index is 1.85. The van der Waals surface area contributed by atoms with Gasteiger partial charge in [0.05, 0.1) is 0 Å². The Labute approximate surface area is 114 Å². The lowest BCUT2D eigenvalue weighted by molar-refractivity contribution is 0.967. The van der Waals surface area contributed by atoms with Gasteiger partial charge in [0.25, 0.3) is 0 Å². The Morgan fingerprint density at radius 1 is 0.947 bits per heavy atom. The summed E-state index contributed by atoms with van der Waals surface area (Å²) in [5.74, 6) is 0.569. The molecular formula is C17H18N2. The monoisotopic (exact) mass is 250 g/mol. The molecule has 0 aliphatic rings. The van der Waals surface area contributed by atoms with Gasteiger partial charge in [-0.05, 0) is 23.6 Å². The summed E-state index contributed by atoms with van der Waals surface area (Å²) >= 11 is 0. The van der Waals surface area contributed by atoms with E-state index in [1.54, 1.807) is 0 Å². The summed E-state index contributed by atoms with van der Waals surface area (Å²) in [7, 11) is 0. The molecule has 0 radical (unpaired) electrons. The second kappa shape index (κ2) is 7.17. The maximum absolute atomic E-state index is 5.85. The Bertz CT molecular complexity index is 542. The van der Waals surface area contributed by atoms with E-state index in [0.29, 0.717) is 5.84 Å². The molecule has 2 heteroatoms. The maximum atomic E-state index is 5.85. The van der Waals surface area contributed by atoms with Crippen molar-refractivity contribution in [2.24, 2.45) is 10.7 Å². The van der Waals surface area contributed by atoms with Crippen LogP contribution in [0.25, 0.3) is 6.08 Å². The first-order chi connectivity index (χ1) is 9.34. The lowest BCUT2D eigenvalue weighted by atomic mass is 10.1. The highest BCUT2D eigenvalue weighted by Gasteiger charge is 1.91. The highest BCUT2D eigenvalue weighted by molar-refractivity contribution is 5.95. The van der Waals surface area contributed by atoms with Gasteiger partial charge in [0, 0.05) is 6.54 Å². The number of rotatable bonds is 5. The molecule has 96 valence electrons. The molecule has 2 N–H and O–H groups in total. The normalized spacial score (nSPS) is 11.9. The minimum Gasteiger partial charge on any atom is -0.384 e. The fourth-order valence-corrected chi connectivity index (χ4v) is 1.76. The largest absolute Gasteiger partial charge is 0.384 e. The third-order valence-electron chi connectivity index (χ3n) is 2.78. The zero-order valence-electron chi connectivity index (χ0n) is 10.9. The highest BCUT2D eigenvalue weighted by atomic mass is 14.8. The van der Waals surface area contributed by atoms with Crippen molar-refractivity contribution < 1.29 is 0 Å². The third-order valence-corrected chi connectivity index (χ3v) is 2.78. The van der Waals surface area contributed by atoms with Crippen LogP contribution >= 0.6 is 0 Å². The molecule has 2 rings (SSSR count). The Kier molecular flexibility index (Phi) is 4.94. The topological polar surface area (TPSA) is 38.4 Å². The fraction of sp³-hybridized carbons (Fsp3) is 0.118. The summed E-state index contributed by atoms with van der Waals surface area (Å²) in [5.41, 5.74) is 8.26. The van der Waals surface area contributed by atoms with E-state index in [9.17, 15) is 0 Å². The SMILES string of the molecule is NC(C=Cc1ccccc1)=NCCc1ccccc1. The zero-order valence-corrected chi connectivity index (χ0v) is 10.9. The molecule has 0 unspecified atom stereocenters. The van der Waals surface area contributed by atoms with Crippen molar-refractivity contribution >= 4 is 11.9 Å². The first kappa shape index (κ1) is 13.1. The van der Waals surface area contributed by atoms with Crippen LogP contribution in [0, 0.1) is 0 Å². The number of benzene rings is 2. The van der Waals surface area contributed by atoms with Crippen LogP contribution in [-0.2, 0) is 6.42 Å². The number of aliphatic imine (C=N–C) groups is 1. The predicted molar refractivity (Wildman–Crippen MR) is 82.1 cm³/mol. The van der Waals surface area contributed by atoms with Crippen molar-refractivity contribution in [3.05, 3.63) is 77.9 Å². The number of nitrogens with two attached hydrogens (primary N) is 1. The van der Waals surface area contributed by atoms with Gasteiger partial charge in [0.2, 0.25) is 0 Å². The number of nitrogens with zero attached hydrogens (tertiary/aromatic N) is 1. The molecule has 19 heavy (non-hydrogen) atoms. The van der Waals surface area contributed by atoms with Crippen LogP contribution in [0.1, 0.15) is 11.1 Å². The first-order valence-corrected chi connectivity index (χ1v) is 6.41. The molecule has 0 aromatic heterocycles. The molecule has 0 aliphatic heterocycles. The average Bonchev–Trinajstić information content (AvgIpc) is 2.47. The molecule has 2 aromatic rings. The van der Waals surface area contributed by atoms with Gasteiger partial charge in [-0.1, -0.05) is 66.7 Å². The van der Waals surface area contributed by atoms with Gasteiger partial charge in [-0.25, -0.2) is 0 Å². The third kappa shape index (κ3) is 4.80. The molecule has 0 fully saturated rings. The van der Waals surface area contributed by atoms with Crippen molar-refractivity contribution in [2.45, 2.75) is 6.42 Å². The minimum absolute atomic E-state index is 0.569. The molecule has 0 heterocycles. The van der Waals surface area contributed by atoms with Gasteiger partial charge in [-0.3, -0.25) is 4.99 Å². The molecule has 2 nitrogen and oxygen atoms in total. The molecule has 0 aliphatic carbocycles. The van der Waals surface area contributed by atoms with Gasteiger partial charge in [-0.2, -0.15) is 0 Å². The van der Waals surface area contributed by atoms with Crippen LogP contribution in [-0.4, -0.2) is 12.4 Å². The average molecular weight is 250 g/mol. The molecule has 2 aromatic carbocycles. The molecule has 0 spiro atoms. The Morgan fingerprint density at radius 3 is 2.26 bits per heavy atom. The summed E-state index contributed by atoms with van der Waals surface area (Å²) in [6.07, 6.45) is 4.74. The molecular weight excluding hydrogens is 232 g/mol. The minimum atomic E-state index is 0.569. The zero-order chi connectivity index (χ0) is 13.3. The van der Waals surface area contributed by atoms with Crippen molar-refractivity contribution in [1.82, 2.24) is 0 Å². The number of hydrogen-bond acceptors (Lipinski definition) is 1. The van der Waals surface area contributed by atoms with Crippen molar-refractivity contribution in [1.29, 1.82) is 0 Å². The number of hydrogen-bond donors (Lipinski definition) is 1. The van der Waals surface area contributed by atoms with Crippen molar-refractivity contribution in [2.75, 3.05) is 6.54 Å². The van der Waals surface area contributed by atoms with Crippen molar-refractivity contribution in [3.8, 4) is 0 Å². The second-order valence-corrected chi connectivity index (χ2v) is 4.29. The summed E-state index contributed by atoms with van der Waals surface area (Å²) in [6, 6.07) is 20.4. The van der Waals surface area contributed by atoms with E-state index in [2.05, 4.69) is 17.1 Å². The Morgan fingerprint density at radius 2 is 1.58 bits per heavy atom. The quantitative estimate of drug-likeness (QED) is 0.641.